The third-order valence-corrected chi connectivity index (χ3v) is 5.88. The number of nitrogens with zero attached hydrogens (tertiary/aromatic N) is 2. The van der Waals surface area contributed by atoms with Crippen molar-refractivity contribution in [2.75, 3.05) is 27.2 Å². The Hall–Kier alpha value is -2.63. The Morgan fingerprint density at radius 1 is 1.15 bits per heavy atom. The van der Waals surface area contributed by atoms with Gasteiger partial charge in [-0.3, -0.25) is 9.69 Å². The summed E-state index contributed by atoms with van der Waals surface area (Å²) in [6.45, 7) is 0.906. The topological polar surface area (TPSA) is 59.6 Å². The van der Waals surface area contributed by atoms with E-state index in [1.807, 2.05) is 62.8 Å². The van der Waals surface area contributed by atoms with E-state index in [4.69, 9.17) is 0 Å². The van der Waals surface area contributed by atoms with Gasteiger partial charge in [-0.15, -0.1) is 0 Å². The number of fused-ring (bicyclic) bond motifs is 1. The maximum atomic E-state index is 13.2. The molecule has 1 amide bonds. The van der Waals surface area contributed by atoms with E-state index in [-0.39, 0.29) is 5.91 Å². The van der Waals surface area contributed by atoms with Crippen molar-refractivity contribution in [3.05, 3.63) is 71.9 Å². The molecule has 5 heteroatoms. The fourth-order valence-corrected chi connectivity index (χ4v) is 4.38. The van der Waals surface area contributed by atoms with Gasteiger partial charge in [0.15, 0.2) is 0 Å². The molecule has 4 rings (SSSR count). The molecule has 27 heavy (non-hydrogen) atoms. The van der Waals surface area contributed by atoms with E-state index in [1.54, 1.807) is 4.90 Å². The van der Waals surface area contributed by atoms with E-state index in [1.165, 1.54) is 0 Å². The van der Waals surface area contributed by atoms with Crippen molar-refractivity contribution < 1.29 is 9.90 Å². The summed E-state index contributed by atoms with van der Waals surface area (Å²) in [5.74, 6) is -0.0393. The highest BCUT2D eigenvalue weighted by molar-refractivity contribution is 6.05. The van der Waals surface area contributed by atoms with E-state index in [0.29, 0.717) is 25.1 Å². The second kappa shape index (κ2) is 6.83. The number of piperidine rings is 1. The molecule has 0 aliphatic carbocycles. The average Bonchev–Trinajstić information content (AvgIpc) is 3.16. The number of carbonyl (C=O) groups is 1. The van der Waals surface area contributed by atoms with Gasteiger partial charge in [0, 0.05) is 24.7 Å². The molecule has 0 saturated carbocycles. The summed E-state index contributed by atoms with van der Waals surface area (Å²) in [5.41, 5.74) is 2.10. The molecule has 1 fully saturated rings. The number of aromatic amines is 1. The number of aromatic nitrogens is 1. The van der Waals surface area contributed by atoms with Gasteiger partial charge in [0.1, 0.15) is 0 Å². The van der Waals surface area contributed by atoms with Crippen molar-refractivity contribution in [1.82, 2.24) is 14.8 Å². The molecule has 1 aliphatic rings. The number of aliphatic hydroxyl groups excluding tert-OH is 1. The van der Waals surface area contributed by atoms with Crippen molar-refractivity contribution >= 4 is 16.8 Å². The molecule has 2 heterocycles. The Morgan fingerprint density at radius 2 is 1.93 bits per heavy atom. The maximum absolute atomic E-state index is 13.2. The van der Waals surface area contributed by atoms with Crippen LogP contribution < -0.4 is 0 Å². The Labute approximate surface area is 159 Å². The molecule has 0 bridgehead atoms. The van der Waals surface area contributed by atoms with Gasteiger partial charge >= 0.3 is 0 Å². The van der Waals surface area contributed by atoms with Crippen molar-refractivity contribution in [3.8, 4) is 0 Å². The van der Waals surface area contributed by atoms with E-state index >= 15 is 0 Å². The monoisotopic (exact) mass is 363 g/mol. The number of amides is 1. The maximum Gasteiger partial charge on any atom is 0.256 e. The molecule has 0 unspecified atom stereocenters. The largest absolute Gasteiger partial charge is 0.389 e. The Balaban J connectivity index is 1.63. The van der Waals surface area contributed by atoms with Gasteiger partial charge in [0.05, 0.1) is 22.7 Å². The minimum atomic E-state index is -0.671. The van der Waals surface area contributed by atoms with Crippen molar-refractivity contribution in [3.63, 3.8) is 0 Å². The molecule has 1 aromatic heterocycles. The van der Waals surface area contributed by atoms with E-state index in [0.717, 1.165) is 16.5 Å². The van der Waals surface area contributed by atoms with Crippen LogP contribution in [0.1, 0.15) is 22.3 Å². The fourth-order valence-electron chi connectivity index (χ4n) is 4.38. The predicted octanol–water partition coefficient (Wildman–Crippen LogP) is 2.83. The van der Waals surface area contributed by atoms with E-state index in [9.17, 15) is 9.90 Å². The average molecular weight is 363 g/mol. The van der Waals surface area contributed by atoms with Crippen molar-refractivity contribution in [2.45, 2.75) is 18.1 Å². The molecule has 2 aromatic carbocycles. The quantitative estimate of drug-likeness (QED) is 0.752. The number of benzene rings is 2. The van der Waals surface area contributed by atoms with Crippen LogP contribution >= 0.6 is 0 Å². The number of likely N-dealkylation sites (tertiary alicyclic amines) is 1. The van der Waals surface area contributed by atoms with Crippen LogP contribution in [-0.4, -0.2) is 59.1 Å². The molecule has 2 N–H and O–H groups in total. The number of nitrogens with one attached hydrogen (secondary N) is 1. The lowest BCUT2D eigenvalue weighted by molar-refractivity contribution is -0.0611. The molecule has 140 valence electrons. The number of H-pyrrole nitrogens is 1. The van der Waals surface area contributed by atoms with Gasteiger partial charge in [-0.1, -0.05) is 42.5 Å². The highest BCUT2D eigenvalue weighted by Crippen LogP contribution is 2.38. The van der Waals surface area contributed by atoms with Crippen LogP contribution in [0.15, 0.2) is 60.8 Å². The predicted molar refractivity (Wildman–Crippen MR) is 107 cm³/mol. The lowest BCUT2D eigenvalue weighted by Crippen LogP contribution is -2.60. The molecule has 5 nitrogen and oxygen atoms in total. The third kappa shape index (κ3) is 2.83. The summed E-state index contributed by atoms with van der Waals surface area (Å²) in [5, 5.41) is 12.2. The number of β-amino-alcohol motifs (C(OH)–C–C–N with tert-alkyl or cyclic N) is 1. The van der Waals surface area contributed by atoms with Gasteiger partial charge < -0.3 is 15.0 Å². The van der Waals surface area contributed by atoms with Crippen LogP contribution in [0.4, 0.5) is 0 Å². The van der Waals surface area contributed by atoms with Crippen LogP contribution in [0.5, 0.6) is 0 Å². The van der Waals surface area contributed by atoms with Crippen LogP contribution in [0.25, 0.3) is 10.9 Å². The van der Waals surface area contributed by atoms with Crippen LogP contribution in [-0.2, 0) is 5.54 Å². The molecular formula is C22H25N3O2. The first-order valence-electron chi connectivity index (χ1n) is 9.30. The molecule has 1 saturated heterocycles. The van der Waals surface area contributed by atoms with Gasteiger partial charge in [0.2, 0.25) is 0 Å². The highest BCUT2D eigenvalue weighted by Gasteiger charge is 2.46. The third-order valence-electron chi connectivity index (χ3n) is 5.88. The Morgan fingerprint density at radius 3 is 2.63 bits per heavy atom. The first-order valence-corrected chi connectivity index (χ1v) is 9.30. The summed E-state index contributed by atoms with van der Waals surface area (Å²) in [4.78, 5) is 20.2. The van der Waals surface area contributed by atoms with Gasteiger partial charge in [-0.2, -0.15) is 0 Å². The van der Waals surface area contributed by atoms with Gasteiger partial charge in [-0.25, -0.2) is 0 Å². The standard InChI is InChI=1S/C22H25N3O2/c1-24(2)22(17-8-4-3-5-9-17)12-14-25(15-19(22)26)21(27)18-10-6-7-16-11-13-23-20(16)18/h3-11,13,19,23,26H,12,14-15H2,1-2H3/t19-,22+/m1/s1. The number of aliphatic hydroxyl groups is 1. The minimum Gasteiger partial charge on any atom is -0.389 e. The SMILES string of the molecule is CN(C)[C@]1(c2ccccc2)CCN(C(=O)c2cccc3cc[nH]c23)C[C@H]1O. The van der Waals surface area contributed by atoms with Crippen LogP contribution in [0.3, 0.4) is 0 Å². The normalized spacial score (nSPS) is 23.1. The lowest BCUT2D eigenvalue weighted by Gasteiger charge is -2.49. The van der Waals surface area contributed by atoms with Crippen LogP contribution in [0.2, 0.25) is 0 Å². The molecule has 1 aliphatic heterocycles. The molecular weight excluding hydrogens is 338 g/mol. The summed E-state index contributed by atoms with van der Waals surface area (Å²) < 4.78 is 0. The van der Waals surface area contributed by atoms with Crippen LogP contribution in [0, 0.1) is 0 Å². The summed E-state index contributed by atoms with van der Waals surface area (Å²) in [6, 6.07) is 17.8. The first kappa shape index (κ1) is 17.8. The molecule has 3 aromatic rings. The Bertz CT molecular complexity index is 950. The number of hydrogen-bond acceptors (Lipinski definition) is 3. The minimum absolute atomic E-state index is 0.0393. The lowest BCUT2D eigenvalue weighted by atomic mass is 9.77. The second-order valence-corrected chi connectivity index (χ2v) is 7.45. The Kier molecular flexibility index (Phi) is 4.50. The number of hydrogen-bond donors (Lipinski definition) is 2. The fraction of sp³-hybridized carbons (Fsp3) is 0.318. The summed E-state index contributed by atoms with van der Waals surface area (Å²) in [6.07, 6.45) is 1.85. The number of carbonyl (C=O) groups excluding carboxylic acids is 1. The molecule has 2 atom stereocenters. The van der Waals surface area contributed by atoms with Gasteiger partial charge in [-0.05, 0) is 38.2 Å². The first-order chi connectivity index (χ1) is 13.0. The van der Waals surface area contributed by atoms with E-state index in [2.05, 4.69) is 22.0 Å². The number of rotatable bonds is 3. The van der Waals surface area contributed by atoms with Crippen molar-refractivity contribution in [1.29, 1.82) is 0 Å². The van der Waals surface area contributed by atoms with Gasteiger partial charge in [0.25, 0.3) is 5.91 Å². The second-order valence-electron chi connectivity index (χ2n) is 7.45. The smallest absolute Gasteiger partial charge is 0.256 e. The summed E-state index contributed by atoms with van der Waals surface area (Å²) in [7, 11) is 3.99. The molecule has 0 spiro atoms. The summed E-state index contributed by atoms with van der Waals surface area (Å²) >= 11 is 0. The zero-order chi connectivity index (χ0) is 19.0. The zero-order valence-corrected chi connectivity index (χ0v) is 15.7. The zero-order valence-electron chi connectivity index (χ0n) is 15.7. The highest BCUT2D eigenvalue weighted by atomic mass is 16.3. The van der Waals surface area contributed by atoms with E-state index < -0.39 is 11.6 Å². The van der Waals surface area contributed by atoms with Crippen molar-refractivity contribution in [2.24, 2.45) is 0 Å². The number of para-hydroxylation sites is 1. The number of likely N-dealkylation sites (N-methyl/N-ethyl adjacent to an activating group) is 1. The molecule has 0 radical (unpaired) electrons.